The van der Waals surface area contributed by atoms with Gasteiger partial charge < -0.3 is 15.3 Å². The summed E-state index contributed by atoms with van der Waals surface area (Å²) >= 11 is 6.59. The number of nitrogens with zero attached hydrogens (tertiary/aromatic N) is 5. The Morgan fingerprint density at radius 3 is 2.53 bits per heavy atom. The van der Waals surface area contributed by atoms with E-state index in [2.05, 4.69) is 52.4 Å². The van der Waals surface area contributed by atoms with E-state index >= 15 is 0 Å². The lowest BCUT2D eigenvalue weighted by atomic mass is 10.0. The third-order valence-electron chi connectivity index (χ3n) is 5.31. The summed E-state index contributed by atoms with van der Waals surface area (Å²) in [5, 5.41) is 18.0. The summed E-state index contributed by atoms with van der Waals surface area (Å²) in [6, 6.07) is 9.96. The summed E-state index contributed by atoms with van der Waals surface area (Å²) in [6.45, 7) is 4.83. The Labute approximate surface area is 190 Å². The summed E-state index contributed by atoms with van der Waals surface area (Å²) in [7, 11) is 3.77. The minimum atomic E-state index is -1.06. The van der Waals surface area contributed by atoms with E-state index < -0.39 is 5.97 Å². The quantitative estimate of drug-likeness (QED) is 0.447. The van der Waals surface area contributed by atoms with E-state index in [4.69, 9.17) is 16.7 Å². The SMILES string of the molecule is Cc1cccc(C)c1CNc1cc2c(N(C)C)nc(-n3cc(C(=O)O)cn3)nc2cc1Cl. The van der Waals surface area contributed by atoms with E-state index in [-0.39, 0.29) is 11.5 Å². The van der Waals surface area contributed by atoms with Gasteiger partial charge in [0.1, 0.15) is 5.82 Å². The molecular weight excluding hydrogens is 428 g/mol. The number of rotatable bonds is 6. The van der Waals surface area contributed by atoms with Crippen molar-refractivity contribution in [1.29, 1.82) is 0 Å². The molecule has 0 saturated carbocycles. The molecule has 0 aliphatic rings. The second kappa shape index (κ2) is 8.47. The number of aryl methyl sites for hydroxylation is 2. The summed E-state index contributed by atoms with van der Waals surface area (Å²) in [4.78, 5) is 22.2. The minimum Gasteiger partial charge on any atom is -0.478 e. The molecule has 2 heterocycles. The van der Waals surface area contributed by atoms with Gasteiger partial charge in [-0.1, -0.05) is 29.8 Å². The Bertz CT molecular complexity index is 1310. The zero-order valence-corrected chi connectivity index (χ0v) is 19.0. The number of aromatic nitrogens is 4. The van der Waals surface area contributed by atoms with Crippen molar-refractivity contribution in [2.45, 2.75) is 20.4 Å². The highest BCUT2D eigenvalue weighted by atomic mass is 35.5. The number of fused-ring (bicyclic) bond motifs is 1. The molecule has 2 aromatic heterocycles. The average Bonchev–Trinajstić information content (AvgIpc) is 3.23. The molecule has 0 radical (unpaired) electrons. The predicted molar refractivity (Wildman–Crippen MR) is 126 cm³/mol. The molecule has 8 nitrogen and oxygen atoms in total. The maximum absolute atomic E-state index is 11.2. The van der Waals surface area contributed by atoms with Crippen molar-refractivity contribution in [3.63, 3.8) is 0 Å². The van der Waals surface area contributed by atoms with E-state index in [0.29, 0.717) is 22.9 Å². The van der Waals surface area contributed by atoms with Crippen LogP contribution in [0.15, 0.2) is 42.7 Å². The summed E-state index contributed by atoms with van der Waals surface area (Å²) in [6.07, 6.45) is 2.64. The van der Waals surface area contributed by atoms with Crippen LogP contribution in [0, 0.1) is 13.8 Å². The molecule has 0 unspecified atom stereocenters. The summed E-state index contributed by atoms with van der Waals surface area (Å²) < 4.78 is 1.34. The van der Waals surface area contributed by atoms with E-state index in [1.54, 1.807) is 6.07 Å². The third-order valence-corrected chi connectivity index (χ3v) is 5.62. The summed E-state index contributed by atoms with van der Waals surface area (Å²) in [5.74, 6) is -0.127. The van der Waals surface area contributed by atoms with Crippen molar-refractivity contribution in [3.05, 3.63) is 70.0 Å². The lowest BCUT2D eigenvalue weighted by molar-refractivity contribution is 0.0697. The van der Waals surface area contributed by atoms with Gasteiger partial charge in [0.25, 0.3) is 5.95 Å². The van der Waals surface area contributed by atoms with Gasteiger partial charge in [-0.05, 0) is 42.7 Å². The fourth-order valence-electron chi connectivity index (χ4n) is 3.55. The molecular formula is C23H23ClN6O2. The van der Waals surface area contributed by atoms with Crippen LogP contribution in [0.2, 0.25) is 5.02 Å². The molecule has 0 amide bonds. The maximum Gasteiger partial charge on any atom is 0.338 e. The molecule has 2 aromatic carbocycles. The van der Waals surface area contributed by atoms with Gasteiger partial charge in [-0.25, -0.2) is 14.5 Å². The topological polar surface area (TPSA) is 96.2 Å². The van der Waals surface area contributed by atoms with E-state index in [0.717, 1.165) is 11.1 Å². The molecule has 32 heavy (non-hydrogen) atoms. The highest BCUT2D eigenvalue weighted by molar-refractivity contribution is 6.34. The first-order valence-corrected chi connectivity index (χ1v) is 10.4. The molecule has 0 saturated heterocycles. The fourth-order valence-corrected chi connectivity index (χ4v) is 3.78. The minimum absolute atomic E-state index is 0.0594. The smallest absolute Gasteiger partial charge is 0.338 e. The first-order chi connectivity index (χ1) is 15.2. The average molecular weight is 451 g/mol. The molecule has 0 bridgehead atoms. The van der Waals surface area contributed by atoms with E-state index in [1.165, 1.54) is 33.8 Å². The number of benzene rings is 2. The van der Waals surface area contributed by atoms with Crippen molar-refractivity contribution in [2.75, 3.05) is 24.3 Å². The van der Waals surface area contributed by atoms with E-state index in [1.807, 2.05) is 25.1 Å². The first kappa shape index (κ1) is 21.6. The largest absolute Gasteiger partial charge is 0.478 e. The second-order valence-corrected chi connectivity index (χ2v) is 8.20. The van der Waals surface area contributed by atoms with Gasteiger partial charge in [-0.3, -0.25) is 0 Å². The standard InChI is InChI=1S/C23H23ClN6O2/c1-13-6-5-7-14(2)17(13)11-25-20-8-16-19(9-18(20)24)27-23(28-21(16)29(3)4)30-12-15(10-26-30)22(31)32/h5-10,12,25H,11H2,1-4H3,(H,31,32). The van der Waals surface area contributed by atoms with Gasteiger partial charge in [0.2, 0.25) is 0 Å². The zero-order chi connectivity index (χ0) is 23.0. The number of halogens is 1. The van der Waals surface area contributed by atoms with Crippen molar-refractivity contribution >= 4 is 40.0 Å². The number of anilines is 2. The Balaban J connectivity index is 1.75. The van der Waals surface area contributed by atoms with Gasteiger partial charge in [0.05, 0.1) is 28.0 Å². The third kappa shape index (κ3) is 4.09. The van der Waals surface area contributed by atoms with Gasteiger partial charge in [0, 0.05) is 32.2 Å². The van der Waals surface area contributed by atoms with Crippen molar-refractivity contribution in [3.8, 4) is 5.95 Å². The van der Waals surface area contributed by atoms with Gasteiger partial charge in [-0.15, -0.1) is 0 Å². The van der Waals surface area contributed by atoms with Crippen molar-refractivity contribution in [1.82, 2.24) is 19.7 Å². The monoisotopic (exact) mass is 450 g/mol. The van der Waals surface area contributed by atoms with Crippen LogP contribution in [0.1, 0.15) is 27.0 Å². The molecule has 0 aliphatic carbocycles. The second-order valence-electron chi connectivity index (χ2n) is 7.79. The number of carboxylic acids is 1. The number of carboxylic acid groups (broad SMARTS) is 1. The van der Waals surface area contributed by atoms with Crippen molar-refractivity contribution in [2.24, 2.45) is 0 Å². The molecule has 164 valence electrons. The van der Waals surface area contributed by atoms with Gasteiger partial charge in [0.15, 0.2) is 0 Å². The Hall–Kier alpha value is -3.65. The van der Waals surface area contributed by atoms with Crippen LogP contribution >= 0.6 is 11.6 Å². The first-order valence-electron chi connectivity index (χ1n) is 10.0. The van der Waals surface area contributed by atoms with Crippen LogP contribution in [-0.4, -0.2) is 44.9 Å². The Morgan fingerprint density at radius 1 is 1.19 bits per heavy atom. The van der Waals surface area contributed by atoms with Crippen LogP contribution in [0.5, 0.6) is 0 Å². The van der Waals surface area contributed by atoms with Crippen LogP contribution < -0.4 is 10.2 Å². The molecule has 4 rings (SSSR count). The normalized spacial score (nSPS) is 11.0. The molecule has 2 N–H and O–H groups in total. The van der Waals surface area contributed by atoms with Gasteiger partial charge >= 0.3 is 5.97 Å². The molecule has 0 atom stereocenters. The van der Waals surface area contributed by atoms with Crippen LogP contribution in [0.25, 0.3) is 16.9 Å². The lowest BCUT2D eigenvalue weighted by Gasteiger charge is -2.18. The molecule has 0 fully saturated rings. The van der Waals surface area contributed by atoms with Crippen LogP contribution in [-0.2, 0) is 6.54 Å². The van der Waals surface area contributed by atoms with E-state index in [9.17, 15) is 4.79 Å². The molecule has 9 heteroatoms. The highest BCUT2D eigenvalue weighted by Gasteiger charge is 2.16. The Kier molecular flexibility index (Phi) is 5.71. The predicted octanol–water partition coefficient (Wildman–Crippen LogP) is 4.46. The highest BCUT2D eigenvalue weighted by Crippen LogP contribution is 2.32. The molecule has 0 aliphatic heterocycles. The zero-order valence-electron chi connectivity index (χ0n) is 18.2. The number of hydrogen-bond donors (Lipinski definition) is 2. The lowest BCUT2D eigenvalue weighted by Crippen LogP contribution is -2.14. The number of hydrogen-bond acceptors (Lipinski definition) is 6. The van der Waals surface area contributed by atoms with Gasteiger partial charge in [-0.2, -0.15) is 10.1 Å². The fraction of sp³-hybridized carbons (Fsp3) is 0.217. The Morgan fingerprint density at radius 2 is 1.91 bits per heavy atom. The van der Waals surface area contributed by atoms with Crippen molar-refractivity contribution < 1.29 is 9.90 Å². The number of carbonyl (C=O) groups is 1. The maximum atomic E-state index is 11.2. The number of aromatic carboxylic acids is 1. The molecule has 4 aromatic rings. The van der Waals surface area contributed by atoms with Crippen LogP contribution in [0.3, 0.4) is 0 Å². The number of nitrogens with one attached hydrogen (secondary N) is 1. The molecule has 0 spiro atoms. The van der Waals surface area contributed by atoms with Crippen LogP contribution in [0.4, 0.5) is 11.5 Å². The summed E-state index contributed by atoms with van der Waals surface area (Å²) in [5.41, 5.74) is 5.15.